The molecule has 7 heteroatoms. The van der Waals surface area contributed by atoms with Crippen LogP contribution in [0.5, 0.6) is 0 Å². The van der Waals surface area contributed by atoms with Crippen molar-refractivity contribution in [3.63, 3.8) is 0 Å². The van der Waals surface area contributed by atoms with Gasteiger partial charge >= 0.3 is 12.1 Å². The van der Waals surface area contributed by atoms with Gasteiger partial charge in [-0.1, -0.05) is 12.1 Å². The van der Waals surface area contributed by atoms with E-state index in [1.54, 1.807) is 11.0 Å². The van der Waals surface area contributed by atoms with Crippen LogP contribution in [0, 0.1) is 0 Å². The third-order valence-electron chi connectivity index (χ3n) is 3.10. The summed E-state index contributed by atoms with van der Waals surface area (Å²) < 4.78 is 43.4. The van der Waals surface area contributed by atoms with Crippen molar-refractivity contribution >= 4 is 5.97 Å². The van der Waals surface area contributed by atoms with Gasteiger partial charge in [0, 0.05) is 13.1 Å². The number of hydrogen-bond acceptors (Lipinski definition) is 3. The molecular formula is C13H14F3NO3. The predicted octanol–water partition coefficient (Wildman–Crippen LogP) is 2.16. The molecule has 1 aliphatic rings. The van der Waals surface area contributed by atoms with Crippen LogP contribution < -0.4 is 0 Å². The average Bonchev–Trinajstić information content (AvgIpc) is 2.37. The second-order valence-electron chi connectivity index (χ2n) is 4.61. The van der Waals surface area contributed by atoms with E-state index < -0.39 is 23.8 Å². The van der Waals surface area contributed by atoms with Gasteiger partial charge in [0.05, 0.1) is 24.8 Å². The standard InChI is InChI=1S/C13H14F3NO3/c14-13(15,16)10-3-1-2-9(6-10)11-7-17(4-5-20-11)8-12(18)19/h1-3,6,11H,4-5,7-8H2,(H,18,19)/t11-/m1/s1. The zero-order valence-electron chi connectivity index (χ0n) is 10.6. The van der Waals surface area contributed by atoms with Crippen molar-refractivity contribution in [2.24, 2.45) is 0 Å². The first-order valence-electron chi connectivity index (χ1n) is 6.09. The Labute approximate surface area is 113 Å². The summed E-state index contributed by atoms with van der Waals surface area (Å²) >= 11 is 0. The second-order valence-corrected chi connectivity index (χ2v) is 4.61. The minimum Gasteiger partial charge on any atom is -0.480 e. The highest BCUT2D eigenvalue weighted by atomic mass is 19.4. The van der Waals surface area contributed by atoms with Crippen LogP contribution in [0.3, 0.4) is 0 Å². The van der Waals surface area contributed by atoms with Crippen molar-refractivity contribution in [1.29, 1.82) is 0 Å². The summed E-state index contributed by atoms with van der Waals surface area (Å²) in [6, 6.07) is 4.94. The van der Waals surface area contributed by atoms with Gasteiger partial charge in [-0.25, -0.2) is 0 Å². The van der Waals surface area contributed by atoms with E-state index in [-0.39, 0.29) is 13.1 Å². The zero-order chi connectivity index (χ0) is 14.8. The predicted molar refractivity (Wildman–Crippen MR) is 64.2 cm³/mol. The fraction of sp³-hybridized carbons (Fsp3) is 0.462. The van der Waals surface area contributed by atoms with E-state index in [4.69, 9.17) is 9.84 Å². The number of halogens is 3. The third kappa shape index (κ3) is 3.71. The molecule has 4 nitrogen and oxygen atoms in total. The van der Waals surface area contributed by atoms with Crippen LogP contribution in [0.15, 0.2) is 24.3 Å². The van der Waals surface area contributed by atoms with Gasteiger partial charge in [-0.2, -0.15) is 13.2 Å². The number of aliphatic carboxylic acids is 1. The average molecular weight is 289 g/mol. The maximum atomic E-state index is 12.7. The molecule has 0 spiro atoms. The molecule has 20 heavy (non-hydrogen) atoms. The van der Waals surface area contributed by atoms with Crippen LogP contribution in [-0.4, -0.2) is 42.2 Å². The van der Waals surface area contributed by atoms with Crippen LogP contribution in [-0.2, 0) is 15.7 Å². The lowest BCUT2D eigenvalue weighted by molar-refractivity contribution is -0.140. The van der Waals surface area contributed by atoms with Gasteiger partial charge in [0.1, 0.15) is 0 Å². The lowest BCUT2D eigenvalue weighted by Gasteiger charge is -2.32. The summed E-state index contributed by atoms with van der Waals surface area (Å²) in [6.07, 6.45) is -4.93. The first kappa shape index (κ1) is 14.8. The number of benzene rings is 1. The number of carboxylic acids is 1. The molecule has 1 heterocycles. The topological polar surface area (TPSA) is 49.8 Å². The zero-order valence-corrected chi connectivity index (χ0v) is 10.6. The van der Waals surface area contributed by atoms with Crippen molar-refractivity contribution in [3.05, 3.63) is 35.4 Å². The number of nitrogens with zero attached hydrogens (tertiary/aromatic N) is 1. The number of carboxylic acid groups (broad SMARTS) is 1. The van der Waals surface area contributed by atoms with E-state index in [0.29, 0.717) is 18.7 Å². The Morgan fingerprint density at radius 2 is 2.20 bits per heavy atom. The summed E-state index contributed by atoms with van der Waals surface area (Å²) in [5.74, 6) is -0.963. The van der Waals surface area contributed by atoms with E-state index in [0.717, 1.165) is 12.1 Å². The number of morpholine rings is 1. The summed E-state index contributed by atoms with van der Waals surface area (Å²) in [7, 11) is 0. The van der Waals surface area contributed by atoms with Crippen molar-refractivity contribution in [3.8, 4) is 0 Å². The number of alkyl halides is 3. The number of rotatable bonds is 3. The molecule has 1 aromatic carbocycles. The Balaban J connectivity index is 2.13. The molecule has 1 fully saturated rings. The molecule has 1 saturated heterocycles. The molecule has 1 N–H and O–H groups in total. The molecular weight excluding hydrogens is 275 g/mol. The molecule has 1 aliphatic heterocycles. The second kappa shape index (κ2) is 5.80. The molecule has 0 aromatic heterocycles. The first-order chi connectivity index (χ1) is 9.36. The SMILES string of the molecule is O=C(O)CN1CCO[C@@H](c2cccc(C(F)(F)F)c2)C1. The van der Waals surface area contributed by atoms with Crippen LogP contribution in [0.4, 0.5) is 13.2 Å². The minimum absolute atomic E-state index is 0.140. The molecule has 2 rings (SSSR count). The van der Waals surface area contributed by atoms with Crippen LogP contribution in [0.1, 0.15) is 17.2 Å². The van der Waals surface area contributed by atoms with Gasteiger partial charge < -0.3 is 9.84 Å². The van der Waals surface area contributed by atoms with Crippen LogP contribution in [0.2, 0.25) is 0 Å². The van der Waals surface area contributed by atoms with E-state index in [1.165, 1.54) is 6.07 Å². The maximum absolute atomic E-state index is 12.7. The highest BCUT2D eigenvalue weighted by Crippen LogP contribution is 2.32. The highest BCUT2D eigenvalue weighted by molar-refractivity contribution is 5.69. The van der Waals surface area contributed by atoms with Crippen molar-refractivity contribution in [2.75, 3.05) is 26.2 Å². The summed E-state index contributed by atoms with van der Waals surface area (Å²) in [6.45, 7) is 0.891. The molecule has 0 aliphatic carbocycles. The minimum atomic E-state index is -4.40. The fourth-order valence-corrected chi connectivity index (χ4v) is 2.15. The quantitative estimate of drug-likeness (QED) is 0.926. The number of ether oxygens (including phenoxy) is 1. The normalized spacial score (nSPS) is 20.9. The molecule has 0 saturated carbocycles. The Kier molecular flexibility index (Phi) is 4.29. The molecule has 110 valence electrons. The molecule has 0 unspecified atom stereocenters. The van der Waals surface area contributed by atoms with Gasteiger partial charge in [-0.15, -0.1) is 0 Å². The van der Waals surface area contributed by atoms with Gasteiger partial charge in [-0.05, 0) is 17.7 Å². The summed E-state index contributed by atoms with van der Waals surface area (Å²) in [5, 5.41) is 8.74. The largest absolute Gasteiger partial charge is 0.480 e. The van der Waals surface area contributed by atoms with E-state index in [2.05, 4.69) is 0 Å². The van der Waals surface area contributed by atoms with E-state index >= 15 is 0 Å². The van der Waals surface area contributed by atoms with Crippen molar-refractivity contribution < 1.29 is 27.8 Å². The van der Waals surface area contributed by atoms with Crippen molar-refractivity contribution in [2.45, 2.75) is 12.3 Å². The Morgan fingerprint density at radius 1 is 1.45 bits per heavy atom. The van der Waals surface area contributed by atoms with Crippen molar-refractivity contribution in [1.82, 2.24) is 4.90 Å². The molecule has 1 aromatic rings. The molecule has 0 bridgehead atoms. The van der Waals surface area contributed by atoms with E-state index in [9.17, 15) is 18.0 Å². The van der Waals surface area contributed by atoms with Gasteiger partial charge in [0.2, 0.25) is 0 Å². The van der Waals surface area contributed by atoms with E-state index in [1.807, 2.05) is 0 Å². The lowest BCUT2D eigenvalue weighted by atomic mass is 10.0. The molecule has 1 atom stereocenters. The molecule has 0 amide bonds. The Morgan fingerprint density at radius 3 is 2.85 bits per heavy atom. The number of hydrogen-bond donors (Lipinski definition) is 1. The molecule has 0 radical (unpaired) electrons. The number of carbonyl (C=O) groups is 1. The van der Waals surface area contributed by atoms with Gasteiger partial charge in [-0.3, -0.25) is 9.69 Å². The summed E-state index contributed by atoms with van der Waals surface area (Å²) in [4.78, 5) is 12.3. The maximum Gasteiger partial charge on any atom is 0.416 e. The first-order valence-corrected chi connectivity index (χ1v) is 6.09. The summed E-state index contributed by atoms with van der Waals surface area (Å²) in [5.41, 5.74) is -0.316. The van der Waals surface area contributed by atoms with Gasteiger partial charge in [0.15, 0.2) is 0 Å². The van der Waals surface area contributed by atoms with Crippen LogP contribution >= 0.6 is 0 Å². The van der Waals surface area contributed by atoms with Gasteiger partial charge in [0.25, 0.3) is 0 Å². The third-order valence-corrected chi connectivity index (χ3v) is 3.10. The fourth-order valence-electron chi connectivity index (χ4n) is 2.15. The lowest BCUT2D eigenvalue weighted by Crippen LogP contribution is -2.41. The Bertz CT molecular complexity index is 490. The monoisotopic (exact) mass is 289 g/mol. The highest BCUT2D eigenvalue weighted by Gasteiger charge is 2.32. The Hall–Kier alpha value is -1.60. The van der Waals surface area contributed by atoms with Crippen LogP contribution in [0.25, 0.3) is 0 Å². The smallest absolute Gasteiger partial charge is 0.416 e.